The molecule has 0 unspecified atom stereocenters. The van der Waals surface area contributed by atoms with E-state index in [1.54, 1.807) is 0 Å². The van der Waals surface area contributed by atoms with E-state index < -0.39 is 8.79 Å². The molecule has 1 heterocycles. The van der Waals surface area contributed by atoms with Gasteiger partial charge in [0.2, 0.25) is 4.46 Å². The molecule has 0 aliphatic carbocycles. The first-order chi connectivity index (χ1) is 4.38. The zero-order chi connectivity index (χ0) is 7.99. The number of halogens is 5. The van der Waals surface area contributed by atoms with Crippen LogP contribution in [0.5, 0.6) is 0 Å². The van der Waals surface area contributed by atoms with E-state index in [2.05, 4.69) is 0 Å². The van der Waals surface area contributed by atoms with Crippen LogP contribution in [0.1, 0.15) is 6.42 Å². The van der Waals surface area contributed by atoms with Crippen molar-refractivity contribution in [2.75, 3.05) is 6.54 Å². The summed E-state index contributed by atoms with van der Waals surface area (Å²) in [5, 5.41) is 0. The van der Waals surface area contributed by atoms with E-state index in [-0.39, 0.29) is 0 Å². The van der Waals surface area contributed by atoms with Gasteiger partial charge in [0.15, 0.2) is 4.33 Å². The first-order valence-electron chi connectivity index (χ1n) is 2.57. The Balaban J connectivity index is 2.84. The average Bonchev–Trinajstić information content (AvgIpc) is 1.94. The summed E-state index contributed by atoms with van der Waals surface area (Å²) in [4.78, 5) is 0. The van der Waals surface area contributed by atoms with Crippen LogP contribution < -0.4 is 0 Å². The quantitative estimate of drug-likeness (QED) is 0.359. The van der Waals surface area contributed by atoms with E-state index >= 15 is 0 Å². The van der Waals surface area contributed by atoms with Crippen molar-refractivity contribution in [1.29, 1.82) is 0 Å². The van der Waals surface area contributed by atoms with Crippen molar-refractivity contribution < 1.29 is 0 Å². The van der Waals surface area contributed by atoms with E-state index in [9.17, 15) is 0 Å². The molecule has 0 aromatic carbocycles. The normalized spacial score (nSPS) is 30.9. The Morgan fingerprint density at radius 3 is 1.70 bits per heavy atom. The van der Waals surface area contributed by atoms with Gasteiger partial charge in [0, 0.05) is 6.54 Å². The molecule has 1 fully saturated rings. The van der Waals surface area contributed by atoms with E-state index in [0.717, 1.165) is 0 Å². The van der Waals surface area contributed by atoms with Crippen molar-refractivity contribution in [3.05, 3.63) is 0 Å². The van der Waals surface area contributed by atoms with Crippen LogP contribution >= 0.6 is 58.2 Å². The second kappa shape index (κ2) is 2.72. The minimum atomic E-state index is -1.38. The Morgan fingerprint density at radius 2 is 1.60 bits per heavy atom. The maximum absolute atomic E-state index is 5.73. The summed E-state index contributed by atoms with van der Waals surface area (Å²) in [7, 11) is 0. The fourth-order valence-electron chi connectivity index (χ4n) is 0.707. The highest BCUT2D eigenvalue weighted by Crippen LogP contribution is 2.52. The van der Waals surface area contributed by atoms with Gasteiger partial charge in [0.25, 0.3) is 0 Å². The van der Waals surface area contributed by atoms with Crippen LogP contribution in [0.4, 0.5) is 0 Å². The third kappa shape index (κ3) is 1.33. The van der Waals surface area contributed by atoms with Gasteiger partial charge in [-0.15, -0.1) is 0 Å². The maximum atomic E-state index is 5.73. The highest BCUT2D eigenvalue weighted by Gasteiger charge is 2.56. The number of alkyl halides is 4. The summed E-state index contributed by atoms with van der Waals surface area (Å²) < 4.78 is -1.36. The lowest BCUT2D eigenvalue weighted by molar-refractivity contribution is 0.475. The minimum Gasteiger partial charge on any atom is -0.183 e. The molecular weight excluding hydrogens is 239 g/mol. The molecule has 0 bridgehead atoms. The Morgan fingerprint density at radius 1 is 1.10 bits per heavy atom. The highest BCUT2D eigenvalue weighted by atomic mass is 35.5. The molecule has 1 aliphatic heterocycles. The molecule has 0 aromatic heterocycles. The smallest absolute Gasteiger partial charge is 0.183 e. The summed E-state index contributed by atoms with van der Waals surface area (Å²) in [6, 6.07) is 0. The zero-order valence-corrected chi connectivity index (χ0v) is 8.53. The van der Waals surface area contributed by atoms with Crippen molar-refractivity contribution in [2.24, 2.45) is 0 Å². The Bertz CT molecular complexity index is 145. The van der Waals surface area contributed by atoms with E-state index in [0.29, 0.717) is 13.0 Å². The van der Waals surface area contributed by atoms with Gasteiger partial charge < -0.3 is 0 Å². The van der Waals surface area contributed by atoms with Crippen molar-refractivity contribution in [2.45, 2.75) is 15.2 Å². The molecule has 1 rings (SSSR count). The van der Waals surface area contributed by atoms with Crippen LogP contribution in [-0.4, -0.2) is 19.8 Å². The zero-order valence-electron chi connectivity index (χ0n) is 4.75. The number of rotatable bonds is 0. The minimum absolute atomic E-state index is 0.465. The fraction of sp³-hybridized carbons (Fsp3) is 1.00. The SMILES string of the molecule is ClN1CCC(Cl)(Cl)C1(Cl)Cl. The molecule has 0 N–H and O–H groups in total. The largest absolute Gasteiger partial charge is 0.217 e. The van der Waals surface area contributed by atoms with E-state index in [1.807, 2.05) is 0 Å². The van der Waals surface area contributed by atoms with Crippen LogP contribution in [0.3, 0.4) is 0 Å². The van der Waals surface area contributed by atoms with Gasteiger partial charge in [0.05, 0.1) is 0 Å². The lowest BCUT2D eigenvalue weighted by Crippen LogP contribution is -2.37. The molecule has 0 spiro atoms. The van der Waals surface area contributed by atoms with Gasteiger partial charge in [-0.25, -0.2) is 0 Å². The fourth-order valence-corrected chi connectivity index (χ4v) is 1.75. The maximum Gasteiger partial charge on any atom is 0.217 e. The average molecular weight is 243 g/mol. The predicted molar refractivity (Wildman–Crippen MR) is 46.1 cm³/mol. The van der Waals surface area contributed by atoms with Crippen LogP contribution in [0.2, 0.25) is 0 Å². The molecule has 0 aromatic rings. The van der Waals surface area contributed by atoms with Crippen molar-refractivity contribution in [3.8, 4) is 0 Å². The molecule has 0 saturated carbocycles. The summed E-state index contributed by atoms with van der Waals surface area (Å²) in [6.45, 7) is 0.488. The van der Waals surface area contributed by atoms with Crippen molar-refractivity contribution in [1.82, 2.24) is 4.42 Å². The second-order valence-electron chi connectivity index (χ2n) is 2.08. The van der Waals surface area contributed by atoms with Crippen LogP contribution in [0.15, 0.2) is 0 Å². The first-order valence-corrected chi connectivity index (χ1v) is 4.42. The van der Waals surface area contributed by atoms with Gasteiger partial charge in [-0.3, -0.25) is 0 Å². The topological polar surface area (TPSA) is 3.24 Å². The number of hydrogen-bond donors (Lipinski definition) is 0. The van der Waals surface area contributed by atoms with Crippen LogP contribution in [0, 0.1) is 0 Å². The third-order valence-electron chi connectivity index (χ3n) is 1.37. The van der Waals surface area contributed by atoms with Crippen LogP contribution in [-0.2, 0) is 0 Å². The van der Waals surface area contributed by atoms with Crippen LogP contribution in [0.25, 0.3) is 0 Å². The van der Waals surface area contributed by atoms with Gasteiger partial charge in [-0.1, -0.05) is 46.4 Å². The lowest BCUT2D eigenvalue weighted by Gasteiger charge is -2.27. The van der Waals surface area contributed by atoms with Crippen molar-refractivity contribution >= 4 is 58.2 Å². The monoisotopic (exact) mass is 241 g/mol. The molecule has 1 nitrogen and oxygen atoms in total. The van der Waals surface area contributed by atoms with E-state index in [1.165, 1.54) is 4.42 Å². The molecule has 6 heteroatoms. The van der Waals surface area contributed by atoms with Gasteiger partial charge in [-0.2, -0.15) is 4.42 Å². The molecule has 0 amide bonds. The number of nitrogens with zero attached hydrogens (tertiary/aromatic N) is 1. The van der Waals surface area contributed by atoms with Crippen molar-refractivity contribution in [3.63, 3.8) is 0 Å². The predicted octanol–water partition coefficient (Wildman–Crippen LogP) is 3.15. The lowest BCUT2D eigenvalue weighted by atomic mass is 10.4. The molecule has 0 radical (unpaired) electrons. The molecule has 10 heavy (non-hydrogen) atoms. The summed E-state index contributed by atoms with van der Waals surface area (Å²) in [5.74, 6) is 0. The first kappa shape index (κ1) is 9.50. The molecule has 1 saturated heterocycles. The standard InChI is InChI=1S/C4H4Cl5N/c5-3(6)1-2-10(9)4(3,7)8/h1-2H2. The Labute approximate surface area is 84.2 Å². The van der Waals surface area contributed by atoms with Gasteiger partial charge >= 0.3 is 0 Å². The highest BCUT2D eigenvalue weighted by molar-refractivity contribution is 6.63. The Kier molecular flexibility index (Phi) is 2.58. The molecule has 0 atom stereocenters. The Hall–Kier alpha value is 1.41. The van der Waals surface area contributed by atoms with Gasteiger partial charge in [-0.05, 0) is 18.2 Å². The third-order valence-corrected chi connectivity index (χ3v) is 4.33. The molecule has 60 valence electrons. The molecule has 1 aliphatic rings. The summed E-state index contributed by atoms with van der Waals surface area (Å²) in [6.07, 6.45) is 0.465. The summed E-state index contributed by atoms with van der Waals surface area (Å²) in [5.41, 5.74) is 0. The van der Waals surface area contributed by atoms with E-state index in [4.69, 9.17) is 58.2 Å². The summed E-state index contributed by atoms with van der Waals surface area (Å²) >= 11 is 28.5. The second-order valence-corrected chi connectivity index (χ2v) is 5.26. The molecular formula is C4H4Cl5N. The van der Waals surface area contributed by atoms with Gasteiger partial charge in [0.1, 0.15) is 0 Å². The number of hydrogen-bond acceptors (Lipinski definition) is 1.